The van der Waals surface area contributed by atoms with Gasteiger partial charge in [-0.15, -0.1) is 0 Å². The van der Waals surface area contributed by atoms with Gasteiger partial charge in [0.1, 0.15) is 0 Å². The first-order valence-corrected chi connectivity index (χ1v) is 11.3. The third kappa shape index (κ3) is 7.56. The molecule has 2 N–H and O–H groups in total. The number of halogens is 3. The molecule has 1 aliphatic heterocycles. The molecule has 2 aromatic carbocycles. The maximum atomic E-state index is 12.9. The normalized spacial score (nSPS) is 16.0. The van der Waals surface area contributed by atoms with Crippen LogP contribution < -0.4 is 0 Å². The molecule has 1 heterocycles. The number of hydrogen-bond acceptors (Lipinski definition) is 4. The highest BCUT2D eigenvalue weighted by Gasteiger charge is 2.30. The summed E-state index contributed by atoms with van der Waals surface area (Å²) in [4.78, 5) is 23.4. The van der Waals surface area contributed by atoms with E-state index < -0.39 is 23.8 Å². The summed E-state index contributed by atoms with van der Waals surface area (Å²) in [5, 5.41) is 22.9. The van der Waals surface area contributed by atoms with Gasteiger partial charge in [0.2, 0.25) is 5.91 Å². The molecule has 0 spiro atoms. The molecule has 0 radical (unpaired) electrons. The highest BCUT2D eigenvalue weighted by atomic mass is 19.4. The minimum Gasteiger partial charge on any atom is -0.481 e. The molecular formula is C25H29F3N2O4. The Morgan fingerprint density at radius 1 is 1.06 bits per heavy atom. The summed E-state index contributed by atoms with van der Waals surface area (Å²) >= 11 is 0. The molecule has 6 nitrogen and oxygen atoms in total. The summed E-state index contributed by atoms with van der Waals surface area (Å²) in [5.41, 5.74) is 1.43. The van der Waals surface area contributed by atoms with Crippen molar-refractivity contribution in [3.8, 4) is 0 Å². The number of rotatable bonds is 10. The zero-order valence-corrected chi connectivity index (χ0v) is 18.8. The first kappa shape index (κ1) is 25.7. The molecule has 0 bridgehead atoms. The number of benzene rings is 2. The van der Waals surface area contributed by atoms with Gasteiger partial charge in [-0.25, -0.2) is 5.01 Å². The zero-order chi connectivity index (χ0) is 24.7. The molecule has 2 aromatic rings. The van der Waals surface area contributed by atoms with E-state index in [0.717, 1.165) is 23.3 Å². The van der Waals surface area contributed by atoms with Crippen LogP contribution >= 0.6 is 0 Å². The van der Waals surface area contributed by atoms with Crippen molar-refractivity contribution < 1.29 is 33.0 Å². The Morgan fingerprint density at radius 2 is 1.76 bits per heavy atom. The molecule has 9 heteroatoms. The number of carbonyl (C=O) groups excluding carboxylic acids is 1. The van der Waals surface area contributed by atoms with Crippen LogP contribution in [-0.2, 0) is 35.2 Å². The summed E-state index contributed by atoms with van der Waals surface area (Å²) in [5.74, 6) is -0.902. The standard InChI is InChI=1S/C25H29F3N2O4/c26-25(27,28)21-7-2-5-19(15-21)16-22(31)11-13-29-12-3-8-23(32)30(29)17-20-6-1-4-18(14-20)9-10-24(33)34/h1-2,4-7,14-15,22,31H,3,8-13,16-17H2,(H,33,34). The van der Waals surface area contributed by atoms with Crippen LogP contribution in [0.15, 0.2) is 48.5 Å². The van der Waals surface area contributed by atoms with Crippen molar-refractivity contribution in [1.82, 2.24) is 10.0 Å². The number of carbonyl (C=O) groups is 2. The van der Waals surface area contributed by atoms with Crippen molar-refractivity contribution >= 4 is 11.9 Å². The van der Waals surface area contributed by atoms with E-state index in [1.165, 1.54) is 6.07 Å². The number of hydrazine groups is 1. The number of nitrogens with zero attached hydrogens (tertiary/aromatic N) is 2. The predicted molar refractivity (Wildman–Crippen MR) is 120 cm³/mol. The fourth-order valence-corrected chi connectivity index (χ4v) is 4.10. The van der Waals surface area contributed by atoms with E-state index in [2.05, 4.69) is 0 Å². The Hall–Kier alpha value is -2.91. The average Bonchev–Trinajstić information content (AvgIpc) is 2.78. The molecule has 0 saturated carbocycles. The lowest BCUT2D eigenvalue weighted by atomic mass is 10.0. The van der Waals surface area contributed by atoms with E-state index in [-0.39, 0.29) is 18.7 Å². The summed E-state index contributed by atoms with van der Waals surface area (Å²) in [6.07, 6.45) is -3.33. The van der Waals surface area contributed by atoms with Crippen LogP contribution in [0.4, 0.5) is 13.2 Å². The van der Waals surface area contributed by atoms with Crippen molar-refractivity contribution in [1.29, 1.82) is 0 Å². The average molecular weight is 479 g/mol. The quantitative estimate of drug-likeness (QED) is 0.539. The first-order valence-electron chi connectivity index (χ1n) is 11.3. The third-order valence-corrected chi connectivity index (χ3v) is 5.83. The summed E-state index contributed by atoms with van der Waals surface area (Å²) in [7, 11) is 0. The number of hydrogen-bond donors (Lipinski definition) is 2. The van der Waals surface area contributed by atoms with Gasteiger partial charge in [0.25, 0.3) is 0 Å². The molecule has 1 unspecified atom stereocenters. The highest BCUT2D eigenvalue weighted by Crippen LogP contribution is 2.30. The highest BCUT2D eigenvalue weighted by molar-refractivity contribution is 5.76. The van der Waals surface area contributed by atoms with Gasteiger partial charge in [0.15, 0.2) is 0 Å². The van der Waals surface area contributed by atoms with Crippen LogP contribution in [0.1, 0.15) is 47.9 Å². The van der Waals surface area contributed by atoms with Gasteiger partial charge in [0.05, 0.1) is 18.2 Å². The second-order valence-corrected chi connectivity index (χ2v) is 8.57. The third-order valence-electron chi connectivity index (χ3n) is 5.83. The molecule has 3 rings (SSSR count). The SMILES string of the molecule is O=C(O)CCc1cccc(CN2C(=O)CCCN2CCC(O)Cc2cccc(C(F)(F)F)c2)c1. The maximum absolute atomic E-state index is 12.9. The van der Waals surface area contributed by atoms with Crippen LogP contribution in [0.25, 0.3) is 0 Å². The summed E-state index contributed by atoms with van der Waals surface area (Å²) in [6.45, 7) is 1.37. The predicted octanol–water partition coefficient (Wildman–Crippen LogP) is 4.06. The van der Waals surface area contributed by atoms with Gasteiger partial charge in [-0.05, 0) is 48.4 Å². The summed E-state index contributed by atoms with van der Waals surface area (Å²) in [6, 6.07) is 12.4. The Morgan fingerprint density at radius 3 is 2.50 bits per heavy atom. The van der Waals surface area contributed by atoms with Crippen molar-refractivity contribution in [3.05, 3.63) is 70.8 Å². The number of carboxylic acid groups (broad SMARTS) is 1. The fraction of sp³-hybridized carbons (Fsp3) is 0.440. The number of aliphatic hydroxyl groups excluding tert-OH is 1. The Bertz CT molecular complexity index is 996. The van der Waals surface area contributed by atoms with E-state index in [9.17, 15) is 27.9 Å². The Balaban J connectivity index is 1.59. The summed E-state index contributed by atoms with van der Waals surface area (Å²) < 4.78 is 38.8. The second-order valence-electron chi connectivity index (χ2n) is 8.57. The van der Waals surface area contributed by atoms with Gasteiger partial charge in [-0.3, -0.25) is 14.6 Å². The molecule has 1 aliphatic rings. The van der Waals surface area contributed by atoms with E-state index in [1.54, 1.807) is 11.1 Å². The number of aliphatic carboxylic acids is 1. The number of aryl methyl sites for hydroxylation is 1. The molecule has 1 fully saturated rings. The van der Waals surface area contributed by atoms with Crippen molar-refractivity contribution in [2.24, 2.45) is 0 Å². The van der Waals surface area contributed by atoms with Gasteiger partial charge >= 0.3 is 12.1 Å². The van der Waals surface area contributed by atoms with Crippen molar-refractivity contribution in [2.75, 3.05) is 13.1 Å². The molecule has 184 valence electrons. The lowest BCUT2D eigenvalue weighted by molar-refractivity contribution is -0.158. The molecule has 1 atom stereocenters. The van der Waals surface area contributed by atoms with Crippen molar-refractivity contribution in [3.63, 3.8) is 0 Å². The van der Waals surface area contributed by atoms with Crippen molar-refractivity contribution in [2.45, 2.75) is 57.3 Å². The lowest BCUT2D eigenvalue weighted by Gasteiger charge is -2.39. The molecule has 34 heavy (non-hydrogen) atoms. The number of carboxylic acids is 1. The van der Waals surface area contributed by atoms with Gasteiger partial charge in [-0.2, -0.15) is 13.2 Å². The first-order chi connectivity index (χ1) is 16.1. The molecular weight excluding hydrogens is 449 g/mol. The molecule has 0 aromatic heterocycles. The van der Waals surface area contributed by atoms with E-state index >= 15 is 0 Å². The molecule has 1 amide bonds. The van der Waals surface area contributed by atoms with Crippen LogP contribution in [0, 0.1) is 0 Å². The fourth-order valence-electron chi connectivity index (χ4n) is 4.10. The number of aliphatic hydroxyl groups is 1. The smallest absolute Gasteiger partial charge is 0.416 e. The molecule has 0 aliphatic carbocycles. The monoisotopic (exact) mass is 478 g/mol. The van der Waals surface area contributed by atoms with E-state index in [0.29, 0.717) is 50.9 Å². The Kier molecular flexibility index (Phi) is 8.68. The minimum absolute atomic E-state index is 0.0298. The van der Waals surface area contributed by atoms with Gasteiger partial charge in [-0.1, -0.05) is 42.5 Å². The van der Waals surface area contributed by atoms with Crippen LogP contribution in [0.3, 0.4) is 0 Å². The Labute approximate surface area is 196 Å². The van der Waals surface area contributed by atoms with Crippen LogP contribution in [-0.4, -0.2) is 51.3 Å². The largest absolute Gasteiger partial charge is 0.481 e. The number of amides is 1. The minimum atomic E-state index is -4.43. The maximum Gasteiger partial charge on any atom is 0.416 e. The zero-order valence-electron chi connectivity index (χ0n) is 18.8. The van der Waals surface area contributed by atoms with E-state index in [4.69, 9.17) is 5.11 Å². The topological polar surface area (TPSA) is 81.1 Å². The van der Waals surface area contributed by atoms with Crippen LogP contribution in [0.5, 0.6) is 0 Å². The molecule has 1 saturated heterocycles. The van der Waals surface area contributed by atoms with Crippen LogP contribution in [0.2, 0.25) is 0 Å². The number of alkyl halides is 3. The van der Waals surface area contributed by atoms with Gasteiger partial charge in [0, 0.05) is 25.9 Å². The second kappa shape index (κ2) is 11.5. The van der Waals surface area contributed by atoms with E-state index in [1.807, 2.05) is 29.3 Å². The van der Waals surface area contributed by atoms with Gasteiger partial charge < -0.3 is 10.2 Å². The lowest BCUT2D eigenvalue weighted by Crippen LogP contribution is -2.50.